The number of aryl methyl sites for hydroxylation is 1. The topological polar surface area (TPSA) is 62.2 Å². The van der Waals surface area contributed by atoms with E-state index < -0.39 is 0 Å². The van der Waals surface area contributed by atoms with Crippen LogP contribution in [0.25, 0.3) is 0 Å². The van der Waals surface area contributed by atoms with Crippen molar-refractivity contribution in [3.8, 4) is 0 Å². The minimum Gasteiger partial charge on any atom is -0.363 e. The van der Waals surface area contributed by atoms with E-state index in [9.17, 15) is 4.79 Å². The zero-order valence-electron chi connectivity index (χ0n) is 16.4. The second-order valence-electron chi connectivity index (χ2n) is 7.45. The van der Waals surface area contributed by atoms with Crippen LogP contribution in [0.5, 0.6) is 0 Å². The van der Waals surface area contributed by atoms with Gasteiger partial charge >= 0.3 is 0 Å². The van der Waals surface area contributed by atoms with Crippen LogP contribution >= 0.6 is 12.4 Å². The van der Waals surface area contributed by atoms with Gasteiger partial charge in [0.05, 0.1) is 11.7 Å². The first-order valence-corrected chi connectivity index (χ1v) is 9.08. The van der Waals surface area contributed by atoms with Crippen LogP contribution in [0.2, 0.25) is 0 Å². The van der Waals surface area contributed by atoms with E-state index >= 15 is 0 Å². The summed E-state index contributed by atoms with van der Waals surface area (Å²) in [6.07, 6.45) is 4.69. The average Bonchev–Trinajstić information content (AvgIpc) is 3.11. The molecule has 1 fully saturated rings. The van der Waals surface area contributed by atoms with Crippen LogP contribution in [-0.2, 0) is 18.4 Å². The molecule has 1 aliphatic rings. The molecular formula is C18H34ClN5O. The summed E-state index contributed by atoms with van der Waals surface area (Å²) in [5.74, 6) is 1.54. The van der Waals surface area contributed by atoms with Gasteiger partial charge in [-0.1, -0.05) is 26.7 Å². The molecule has 1 aliphatic carbocycles. The van der Waals surface area contributed by atoms with Crippen molar-refractivity contribution in [1.82, 2.24) is 20.4 Å². The van der Waals surface area contributed by atoms with Gasteiger partial charge in [-0.25, -0.2) is 0 Å². The van der Waals surface area contributed by atoms with Crippen molar-refractivity contribution in [3.05, 3.63) is 11.3 Å². The third kappa shape index (κ3) is 5.35. The molecule has 1 aromatic heterocycles. The Balaban J connectivity index is 0.00000312. The number of amides is 1. The number of nitrogens with zero attached hydrogens (tertiary/aromatic N) is 3. The molecule has 1 heterocycles. The number of hydrogen-bond donors (Lipinski definition) is 2. The van der Waals surface area contributed by atoms with Crippen molar-refractivity contribution in [3.63, 3.8) is 0 Å². The van der Waals surface area contributed by atoms with Crippen molar-refractivity contribution < 1.29 is 4.79 Å². The first-order chi connectivity index (χ1) is 11.3. The summed E-state index contributed by atoms with van der Waals surface area (Å²) in [5, 5.41) is 11.2. The quantitative estimate of drug-likeness (QED) is 0.773. The lowest BCUT2D eigenvalue weighted by atomic mass is 10.0. The highest BCUT2D eigenvalue weighted by molar-refractivity contribution is 5.85. The summed E-state index contributed by atoms with van der Waals surface area (Å²) in [6, 6.07) is 0.157. The highest BCUT2D eigenvalue weighted by Crippen LogP contribution is 2.27. The lowest BCUT2D eigenvalue weighted by molar-refractivity contribution is -0.123. The zero-order valence-corrected chi connectivity index (χ0v) is 17.2. The Morgan fingerprint density at radius 2 is 1.88 bits per heavy atom. The minimum absolute atomic E-state index is 0. The summed E-state index contributed by atoms with van der Waals surface area (Å²) in [5.41, 5.74) is 2.27. The lowest BCUT2D eigenvalue weighted by Crippen LogP contribution is -2.45. The van der Waals surface area contributed by atoms with E-state index in [1.165, 1.54) is 18.4 Å². The van der Waals surface area contributed by atoms with Gasteiger partial charge in [-0.3, -0.25) is 9.48 Å². The molecular weight excluding hydrogens is 338 g/mol. The van der Waals surface area contributed by atoms with Crippen molar-refractivity contribution in [2.24, 2.45) is 7.05 Å². The van der Waals surface area contributed by atoms with Crippen LogP contribution in [0.1, 0.15) is 63.6 Å². The minimum atomic E-state index is -0.208. The fourth-order valence-electron chi connectivity index (χ4n) is 3.52. The van der Waals surface area contributed by atoms with Gasteiger partial charge in [-0.15, -0.1) is 12.4 Å². The second-order valence-corrected chi connectivity index (χ2v) is 7.45. The third-order valence-electron chi connectivity index (χ3n) is 4.79. The largest absolute Gasteiger partial charge is 0.363 e. The Labute approximate surface area is 158 Å². The van der Waals surface area contributed by atoms with Crippen molar-refractivity contribution in [2.75, 3.05) is 19.0 Å². The molecule has 1 saturated carbocycles. The lowest BCUT2D eigenvalue weighted by Gasteiger charge is -2.20. The summed E-state index contributed by atoms with van der Waals surface area (Å²) in [4.78, 5) is 14.4. The molecule has 25 heavy (non-hydrogen) atoms. The van der Waals surface area contributed by atoms with E-state index in [2.05, 4.69) is 34.5 Å². The fourth-order valence-corrected chi connectivity index (χ4v) is 3.52. The maximum absolute atomic E-state index is 12.4. The normalized spacial score (nSPS) is 16.0. The molecule has 2 rings (SSSR count). The zero-order chi connectivity index (χ0) is 17.9. The number of aromatic nitrogens is 2. The molecule has 0 saturated heterocycles. The van der Waals surface area contributed by atoms with E-state index in [0.29, 0.717) is 18.5 Å². The molecule has 0 spiro atoms. The Kier molecular flexibility index (Phi) is 8.22. The molecule has 0 bridgehead atoms. The van der Waals surface area contributed by atoms with Gasteiger partial charge < -0.3 is 15.5 Å². The van der Waals surface area contributed by atoms with E-state index in [-0.39, 0.29) is 24.4 Å². The summed E-state index contributed by atoms with van der Waals surface area (Å²) in [7, 11) is 6.03. The van der Waals surface area contributed by atoms with Crippen LogP contribution in [0, 0.1) is 0 Å². The number of anilines is 1. The summed E-state index contributed by atoms with van der Waals surface area (Å²) < 4.78 is 1.93. The van der Waals surface area contributed by atoms with Crippen LogP contribution in [0.3, 0.4) is 0 Å². The van der Waals surface area contributed by atoms with Crippen molar-refractivity contribution in [2.45, 2.75) is 71.0 Å². The van der Waals surface area contributed by atoms with E-state index in [1.807, 2.05) is 32.7 Å². The maximum atomic E-state index is 12.4. The Hall–Kier alpha value is -1.27. The molecule has 6 nitrogen and oxygen atoms in total. The molecule has 1 atom stereocenters. The van der Waals surface area contributed by atoms with Crippen LogP contribution in [0.15, 0.2) is 0 Å². The summed E-state index contributed by atoms with van der Waals surface area (Å²) in [6.45, 7) is 6.89. The molecule has 0 aromatic carbocycles. The number of hydrogen-bond acceptors (Lipinski definition) is 4. The molecule has 1 unspecified atom stereocenters. The number of carbonyl (C=O) groups excluding carboxylic acids is 1. The van der Waals surface area contributed by atoms with Gasteiger partial charge in [0.15, 0.2) is 0 Å². The fraction of sp³-hybridized carbons (Fsp3) is 0.778. The second kappa shape index (κ2) is 9.43. The molecule has 1 amide bonds. The Bertz CT molecular complexity index is 564. The predicted octanol–water partition coefficient (Wildman–Crippen LogP) is 2.57. The monoisotopic (exact) mass is 371 g/mol. The molecule has 1 aromatic rings. The Morgan fingerprint density at radius 1 is 1.28 bits per heavy atom. The molecule has 2 N–H and O–H groups in total. The van der Waals surface area contributed by atoms with Crippen molar-refractivity contribution >= 4 is 24.1 Å². The first-order valence-electron chi connectivity index (χ1n) is 9.08. The summed E-state index contributed by atoms with van der Waals surface area (Å²) >= 11 is 0. The van der Waals surface area contributed by atoms with Gasteiger partial charge in [0.25, 0.3) is 0 Å². The smallest absolute Gasteiger partial charge is 0.237 e. The van der Waals surface area contributed by atoms with Gasteiger partial charge in [-0.2, -0.15) is 5.10 Å². The third-order valence-corrected chi connectivity index (χ3v) is 4.79. The standard InChI is InChI=1S/C18H33N5O.ClH/c1-12(2)16-15(18(22(4)5)23(6)21-16)11-19-13(3)17(24)20-14-9-7-8-10-14;/h12-14,19H,7-11H2,1-6H3,(H,20,24);1H. The van der Waals surface area contributed by atoms with Crippen LogP contribution in [0.4, 0.5) is 5.82 Å². The highest BCUT2D eigenvalue weighted by atomic mass is 35.5. The number of nitrogens with one attached hydrogen (secondary N) is 2. The van der Waals surface area contributed by atoms with Gasteiger partial charge in [-0.05, 0) is 25.7 Å². The van der Waals surface area contributed by atoms with Crippen LogP contribution < -0.4 is 15.5 Å². The first kappa shape index (κ1) is 21.8. The SMILES string of the molecule is CC(NCc1c(C(C)C)nn(C)c1N(C)C)C(=O)NC1CCCC1.Cl. The predicted molar refractivity (Wildman–Crippen MR) is 106 cm³/mol. The molecule has 0 radical (unpaired) electrons. The van der Waals surface area contributed by atoms with E-state index in [0.717, 1.165) is 24.4 Å². The van der Waals surface area contributed by atoms with Crippen LogP contribution in [-0.4, -0.2) is 41.9 Å². The van der Waals surface area contributed by atoms with Gasteiger partial charge in [0.2, 0.25) is 5.91 Å². The number of halogens is 1. The van der Waals surface area contributed by atoms with E-state index in [4.69, 9.17) is 0 Å². The Morgan fingerprint density at radius 3 is 2.40 bits per heavy atom. The van der Waals surface area contributed by atoms with Crippen molar-refractivity contribution in [1.29, 1.82) is 0 Å². The van der Waals surface area contributed by atoms with Gasteiger partial charge in [0, 0.05) is 39.3 Å². The molecule has 7 heteroatoms. The average molecular weight is 372 g/mol. The number of rotatable bonds is 7. The maximum Gasteiger partial charge on any atom is 0.237 e. The number of carbonyl (C=O) groups is 1. The molecule has 144 valence electrons. The molecule has 0 aliphatic heterocycles. The van der Waals surface area contributed by atoms with E-state index in [1.54, 1.807) is 0 Å². The van der Waals surface area contributed by atoms with Gasteiger partial charge in [0.1, 0.15) is 5.82 Å². The highest BCUT2D eigenvalue weighted by Gasteiger charge is 2.23.